The van der Waals surface area contributed by atoms with Gasteiger partial charge in [0.2, 0.25) is 5.91 Å². The van der Waals surface area contributed by atoms with Crippen molar-refractivity contribution in [3.8, 4) is 5.75 Å². The van der Waals surface area contributed by atoms with Crippen molar-refractivity contribution in [2.75, 3.05) is 38.1 Å². The third-order valence-corrected chi connectivity index (χ3v) is 9.76. The highest BCUT2D eigenvalue weighted by Gasteiger charge is 2.41. The molecule has 0 radical (unpaired) electrons. The van der Waals surface area contributed by atoms with Gasteiger partial charge in [-0.3, -0.25) is 19.3 Å². The molecule has 13 nitrogen and oxygen atoms in total. The van der Waals surface area contributed by atoms with Crippen molar-refractivity contribution >= 4 is 46.8 Å². The number of amides is 4. The third kappa shape index (κ3) is 9.24. The fourth-order valence-electron chi connectivity index (χ4n) is 5.77. The van der Waals surface area contributed by atoms with Crippen LogP contribution in [0.1, 0.15) is 81.0 Å². The molecule has 0 saturated carbocycles. The normalized spacial score (nSPS) is 18.0. The monoisotopic (exact) mass is 697 g/mol. The molecule has 2 aromatic rings. The van der Waals surface area contributed by atoms with Crippen molar-refractivity contribution in [2.45, 2.75) is 89.0 Å². The Morgan fingerprint density at radius 2 is 1.69 bits per heavy atom. The van der Waals surface area contributed by atoms with Crippen LogP contribution in [0.4, 0.5) is 10.5 Å². The highest BCUT2D eigenvalue weighted by molar-refractivity contribution is 7.82. The van der Waals surface area contributed by atoms with E-state index in [1.165, 1.54) is 7.05 Å². The molecule has 3 heterocycles. The average Bonchev–Trinajstić information content (AvgIpc) is 3.31. The molecule has 14 heteroatoms. The minimum Gasteiger partial charge on any atom is -0.487 e. The average molecular weight is 698 g/mol. The van der Waals surface area contributed by atoms with E-state index in [9.17, 15) is 28.2 Å². The Morgan fingerprint density at radius 3 is 2.33 bits per heavy atom. The lowest BCUT2D eigenvalue weighted by Crippen LogP contribution is -2.54. The fourth-order valence-corrected chi connectivity index (χ4v) is 7.02. The summed E-state index contributed by atoms with van der Waals surface area (Å²) in [6.07, 6.45) is 1.33. The lowest BCUT2D eigenvalue weighted by molar-refractivity contribution is -0.121. The van der Waals surface area contributed by atoms with Crippen LogP contribution in [0.5, 0.6) is 5.75 Å². The number of imide groups is 1. The standard InChI is InChI=1S/C33H41N5O8S.C2H6/c1-33(2,3)46-32(43)35-21-12-14-37(15-13-21)47(44)26-7-5-6-24(17-26)45-25-18-36(19-25)22-8-10-27-28(16-22)31(42)38(30(27)41)23(20-39)9-11-29(40)34-4;1-2/h5-8,10,16-17,20-21,23,25H,9,11-15,18-19H2,1-4H3,(H,34,40)(H,35,43);1-2H3. The third-order valence-electron chi connectivity index (χ3n) is 8.27. The molecule has 5 rings (SSSR count). The summed E-state index contributed by atoms with van der Waals surface area (Å²) < 4.78 is 26.8. The summed E-state index contributed by atoms with van der Waals surface area (Å²) in [5.74, 6) is -0.780. The molecule has 3 aliphatic heterocycles. The van der Waals surface area contributed by atoms with Gasteiger partial charge in [0.15, 0.2) is 0 Å². The summed E-state index contributed by atoms with van der Waals surface area (Å²) in [6.45, 7) is 11.7. The van der Waals surface area contributed by atoms with Crippen molar-refractivity contribution in [3.05, 3.63) is 53.6 Å². The predicted octanol–water partition coefficient (Wildman–Crippen LogP) is 3.68. The molecule has 2 aromatic carbocycles. The lowest BCUT2D eigenvalue weighted by Gasteiger charge is -2.40. The highest BCUT2D eigenvalue weighted by Crippen LogP contribution is 2.32. The molecule has 2 N–H and O–H groups in total. The van der Waals surface area contributed by atoms with Crippen LogP contribution in [0, 0.1) is 0 Å². The van der Waals surface area contributed by atoms with Crippen molar-refractivity contribution in [2.24, 2.45) is 0 Å². The Bertz CT molecular complexity index is 1560. The van der Waals surface area contributed by atoms with E-state index < -0.39 is 40.5 Å². The molecule has 0 aliphatic carbocycles. The molecule has 3 aliphatic rings. The fraction of sp³-hybridized carbons (Fsp3) is 0.514. The van der Waals surface area contributed by atoms with Crippen LogP contribution in [0.25, 0.3) is 0 Å². The SMILES string of the molecule is CC.CNC(=O)CCC(C=O)N1C(=O)c2ccc(N3CC(Oc4cccc(S(=O)N5CCC(NC(=O)OC(C)(C)C)CC5)c4)C3)cc2C1=O. The number of hydrogen-bond acceptors (Lipinski definition) is 9. The van der Waals surface area contributed by atoms with E-state index in [2.05, 4.69) is 10.6 Å². The van der Waals surface area contributed by atoms with Gasteiger partial charge in [-0.15, -0.1) is 0 Å². The van der Waals surface area contributed by atoms with Crippen LogP contribution < -0.4 is 20.3 Å². The summed E-state index contributed by atoms with van der Waals surface area (Å²) in [5, 5.41) is 5.37. The van der Waals surface area contributed by atoms with Crippen LogP contribution in [-0.4, -0.2) is 101 Å². The van der Waals surface area contributed by atoms with Gasteiger partial charge in [0.25, 0.3) is 11.8 Å². The van der Waals surface area contributed by atoms with Gasteiger partial charge in [-0.1, -0.05) is 19.9 Å². The number of rotatable bonds is 11. The second kappa shape index (κ2) is 16.4. The quantitative estimate of drug-likeness (QED) is 0.264. The van der Waals surface area contributed by atoms with Crippen molar-refractivity contribution < 1.29 is 37.7 Å². The van der Waals surface area contributed by atoms with Crippen molar-refractivity contribution in [3.63, 3.8) is 0 Å². The molecule has 2 fully saturated rings. The maximum Gasteiger partial charge on any atom is 0.407 e. The number of ether oxygens (including phenoxy) is 2. The van der Waals surface area contributed by atoms with E-state index >= 15 is 0 Å². The van der Waals surface area contributed by atoms with Crippen LogP contribution >= 0.6 is 0 Å². The first-order chi connectivity index (χ1) is 23.4. The largest absolute Gasteiger partial charge is 0.487 e. The number of aldehydes is 1. The number of carbonyl (C=O) groups is 5. The van der Waals surface area contributed by atoms with Gasteiger partial charge in [-0.25, -0.2) is 13.3 Å². The summed E-state index contributed by atoms with van der Waals surface area (Å²) in [6, 6.07) is 11.2. The number of piperidine rings is 1. The molecule has 2 unspecified atom stereocenters. The first-order valence-corrected chi connectivity index (χ1v) is 17.8. The Hall–Kier alpha value is -4.30. The van der Waals surface area contributed by atoms with Gasteiger partial charge in [-0.2, -0.15) is 0 Å². The zero-order valence-corrected chi connectivity index (χ0v) is 29.8. The van der Waals surface area contributed by atoms with Gasteiger partial charge in [0.05, 0.1) is 35.2 Å². The second-order valence-electron chi connectivity index (χ2n) is 12.8. The number of hydrogen-bond donors (Lipinski definition) is 2. The van der Waals surface area contributed by atoms with Gasteiger partial charge in [0, 0.05) is 38.3 Å². The molecule has 0 bridgehead atoms. The summed E-state index contributed by atoms with van der Waals surface area (Å²) in [4.78, 5) is 65.2. The summed E-state index contributed by atoms with van der Waals surface area (Å²) >= 11 is 0. The Morgan fingerprint density at radius 1 is 1.02 bits per heavy atom. The van der Waals surface area contributed by atoms with Gasteiger partial charge in [-0.05, 0) is 76.4 Å². The Balaban J connectivity index is 0.00000265. The zero-order chi connectivity index (χ0) is 35.9. The van der Waals surface area contributed by atoms with E-state index in [1.807, 2.05) is 56.0 Å². The summed E-state index contributed by atoms with van der Waals surface area (Å²) in [5.41, 5.74) is 0.637. The lowest BCUT2D eigenvalue weighted by atomic mass is 10.1. The number of fused-ring (bicyclic) bond motifs is 1. The van der Waals surface area contributed by atoms with Crippen molar-refractivity contribution in [1.82, 2.24) is 19.8 Å². The van der Waals surface area contributed by atoms with Crippen LogP contribution in [0.2, 0.25) is 0 Å². The van der Waals surface area contributed by atoms with Crippen LogP contribution in [0.15, 0.2) is 47.4 Å². The minimum atomic E-state index is -1.38. The Kier molecular flexibility index (Phi) is 12.6. The number of nitrogens with one attached hydrogen (secondary N) is 2. The first kappa shape index (κ1) is 37.5. The number of carbonyl (C=O) groups excluding carboxylic acids is 5. The number of alkyl carbamates (subject to hydrolysis) is 1. The molecule has 0 spiro atoms. The summed E-state index contributed by atoms with van der Waals surface area (Å²) in [7, 11) is 0.0970. The molecule has 4 amide bonds. The Labute approximate surface area is 290 Å². The van der Waals surface area contributed by atoms with Gasteiger partial charge < -0.3 is 29.8 Å². The molecule has 49 heavy (non-hydrogen) atoms. The van der Waals surface area contributed by atoms with E-state index in [0.717, 1.165) is 10.6 Å². The second-order valence-corrected chi connectivity index (χ2v) is 14.3. The molecule has 2 atom stereocenters. The highest BCUT2D eigenvalue weighted by atomic mass is 32.2. The topological polar surface area (TPSA) is 155 Å². The maximum atomic E-state index is 13.4. The first-order valence-electron chi connectivity index (χ1n) is 16.7. The van der Waals surface area contributed by atoms with E-state index in [1.54, 1.807) is 30.3 Å². The predicted molar refractivity (Wildman–Crippen MR) is 185 cm³/mol. The van der Waals surface area contributed by atoms with Gasteiger partial charge in [0.1, 0.15) is 34.7 Å². The van der Waals surface area contributed by atoms with Crippen molar-refractivity contribution in [1.29, 1.82) is 0 Å². The molecule has 2 saturated heterocycles. The minimum absolute atomic E-state index is 0.0142. The molecular formula is C35H47N5O8S. The number of benzene rings is 2. The zero-order valence-electron chi connectivity index (χ0n) is 29.0. The number of anilines is 1. The van der Waals surface area contributed by atoms with Crippen LogP contribution in [0.3, 0.4) is 0 Å². The molecular weight excluding hydrogens is 650 g/mol. The van der Waals surface area contributed by atoms with Gasteiger partial charge >= 0.3 is 6.09 Å². The number of nitrogens with zero attached hydrogens (tertiary/aromatic N) is 3. The smallest absolute Gasteiger partial charge is 0.407 e. The molecule has 0 aromatic heterocycles. The maximum absolute atomic E-state index is 13.4. The van der Waals surface area contributed by atoms with E-state index in [0.29, 0.717) is 56.0 Å². The van der Waals surface area contributed by atoms with E-state index in [-0.39, 0.29) is 42.0 Å². The molecule has 266 valence electrons. The van der Waals surface area contributed by atoms with Crippen LogP contribution in [-0.2, 0) is 25.3 Å². The van der Waals surface area contributed by atoms with E-state index in [4.69, 9.17) is 9.47 Å².